The first-order valence-electron chi connectivity index (χ1n) is 23.9. The van der Waals surface area contributed by atoms with Crippen LogP contribution >= 0.6 is 22.7 Å². The zero-order chi connectivity index (χ0) is 47.2. The lowest BCUT2D eigenvalue weighted by atomic mass is 9.86. The van der Waals surface area contributed by atoms with Crippen molar-refractivity contribution >= 4 is 131 Å². The lowest BCUT2D eigenvalue weighted by molar-refractivity contribution is 0.548. The van der Waals surface area contributed by atoms with Crippen LogP contribution in [0.4, 0.5) is 0 Å². The fraction of sp³-hybridized carbons (Fsp3) is 0.0308. The van der Waals surface area contributed by atoms with E-state index in [9.17, 15) is 0 Å². The van der Waals surface area contributed by atoms with Gasteiger partial charge in [0, 0.05) is 74.4 Å². The average molecular weight is 944 g/mol. The van der Waals surface area contributed by atoms with Gasteiger partial charge in [-0.1, -0.05) is 171 Å². The smallest absolute Gasteiger partial charge is 0.164 e. The third-order valence-corrected chi connectivity index (χ3v) is 16.5. The molecule has 4 aromatic heterocycles. The number of fused-ring (bicyclic) bond motifs is 12. The molecule has 4 nitrogen and oxygen atoms in total. The lowest BCUT2D eigenvalue weighted by Gasteiger charge is -2.18. The number of furan rings is 1. The van der Waals surface area contributed by atoms with Crippen molar-refractivity contribution in [2.24, 2.45) is 0 Å². The summed E-state index contributed by atoms with van der Waals surface area (Å²) in [4.78, 5) is 15.8. The van der Waals surface area contributed by atoms with Crippen LogP contribution in [0.15, 0.2) is 187 Å². The Hall–Kier alpha value is -8.55. The third kappa shape index (κ3) is 6.74. The van der Waals surface area contributed by atoms with Gasteiger partial charge in [-0.05, 0) is 104 Å². The fourth-order valence-corrected chi connectivity index (χ4v) is 13.2. The standard InChI is InChI=1S/C65H41N3OS2/c1-3-43-44(4-2)47-32-28-42(37-52(47)46-18-9-8-17-45(43)46)64-66-63(40-15-6-5-7-16-40)67-65(68-64)51-21-14-22-55-61(51)53-36-41(29-33-54(53)69-55)60-39(30-34-58-62(60)50-20-11-13-24-57(50)70-58)27-25-38-26-31-49-48-19-10-12-23-56(48)71-59(49)35-38/h3-28,30-32,34-37H,1-2,29,33H2. The highest BCUT2D eigenvalue weighted by atomic mass is 32.1. The van der Waals surface area contributed by atoms with E-state index in [2.05, 4.69) is 183 Å². The van der Waals surface area contributed by atoms with Crippen molar-refractivity contribution in [1.29, 1.82) is 0 Å². The second-order valence-electron chi connectivity index (χ2n) is 18.2. The van der Waals surface area contributed by atoms with Crippen molar-refractivity contribution in [3.8, 4) is 34.2 Å². The lowest BCUT2D eigenvalue weighted by Crippen LogP contribution is -2.01. The number of nitrogens with zero attached hydrogens (tertiary/aromatic N) is 3. The van der Waals surface area contributed by atoms with Crippen molar-refractivity contribution in [3.63, 3.8) is 0 Å². The van der Waals surface area contributed by atoms with Gasteiger partial charge in [-0.3, -0.25) is 0 Å². The molecule has 1 aliphatic carbocycles. The first kappa shape index (κ1) is 41.4. The Morgan fingerprint density at radius 2 is 1.13 bits per heavy atom. The second-order valence-corrected chi connectivity index (χ2v) is 20.4. The van der Waals surface area contributed by atoms with E-state index in [4.69, 9.17) is 19.4 Å². The molecule has 0 atom stereocenters. The van der Waals surface area contributed by atoms with Gasteiger partial charge in [0.05, 0.1) is 0 Å². The van der Waals surface area contributed by atoms with E-state index in [-0.39, 0.29) is 0 Å². The molecule has 0 unspecified atom stereocenters. The third-order valence-electron chi connectivity index (χ3n) is 14.2. The Bertz CT molecular complexity index is 4450. The molecule has 71 heavy (non-hydrogen) atoms. The van der Waals surface area contributed by atoms with Gasteiger partial charge >= 0.3 is 0 Å². The van der Waals surface area contributed by atoms with E-state index in [1.165, 1.54) is 62.6 Å². The molecule has 6 heteroatoms. The average Bonchev–Trinajstić information content (AvgIpc) is 4.13. The van der Waals surface area contributed by atoms with E-state index in [1.54, 1.807) is 0 Å². The highest BCUT2D eigenvalue weighted by Crippen LogP contribution is 2.47. The number of thiophene rings is 2. The summed E-state index contributed by atoms with van der Waals surface area (Å²) in [6.45, 7) is 8.38. The number of hydrogen-bond acceptors (Lipinski definition) is 6. The summed E-state index contributed by atoms with van der Waals surface area (Å²) in [7, 11) is 0. The van der Waals surface area contributed by atoms with Gasteiger partial charge in [0.25, 0.3) is 0 Å². The topological polar surface area (TPSA) is 51.8 Å². The molecule has 0 amide bonds. The Kier molecular flexibility index (Phi) is 9.66. The molecule has 0 N–H and O–H groups in total. The Balaban J connectivity index is 0.945. The maximum absolute atomic E-state index is 6.79. The zero-order valence-corrected chi connectivity index (χ0v) is 40.1. The summed E-state index contributed by atoms with van der Waals surface area (Å²) in [6, 6.07) is 60.4. The number of hydrogen-bond donors (Lipinski definition) is 0. The van der Waals surface area contributed by atoms with E-state index in [0.717, 1.165) is 84.5 Å². The predicted octanol–water partition coefficient (Wildman–Crippen LogP) is 18.6. The maximum Gasteiger partial charge on any atom is 0.164 e. The molecule has 334 valence electrons. The minimum atomic E-state index is 0.590. The Morgan fingerprint density at radius 3 is 1.94 bits per heavy atom. The maximum atomic E-state index is 6.79. The molecule has 9 aromatic carbocycles. The summed E-state index contributed by atoms with van der Waals surface area (Å²) in [5.41, 5.74) is 11.7. The van der Waals surface area contributed by atoms with Gasteiger partial charge in [-0.25, -0.2) is 15.0 Å². The molecule has 0 radical (unpaired) electrons. The van der Waals surface area contributed by atoms with Crippen LogP contribution in [0.2, 0.25) is 0 Å². The summed E-state index contributed by atoms with van der Waals surface area (Å²) in [6.07, 6.45) is 12.4. The van der Waals surface area contributed by atoms with Crippen LogP contribution in [0.25, 0.3) is 143 Å². The molecule has 13 aromatic rings. The van der Waals surface area contributed by atoms with Gasteiger partial charge < -0.3 is 4.42 Å². The SMILES string of the molecule is C=Cc1c(C=C)c2ccc(-c3nc(-c4ccccc4)nc(-c4cccc5oc6c(c45)C=C(c4c(C=Cc5ccc7c(c5)sc5ccccc57)ccc5sc7ccccc7c45)CC6)n3)cc2c2ccccc12. The van der Waals surface area contributed by atoms with Gasteiger partial charge in [0.1, 0.15) is 11.3 Å². The summed E-state index contributed by atoms with van der Waals surface area (Å²) < 4.78 is 12.0. The van der Waals surface area contributed by atoms with Crippen LogP contribution in [0.5, 0.6) is 0 Å². The molecule has 1 aliphatic rings. The van der Waals surface area contributed by atoms with Gasteiger partial charge in [-0.15, -0.1) is 22.7 Å². The number of benzene rings is 9. The molecule has 0 fully saturated rings. The molecule has 14 rings (SSSR count). The normalized spacial score (nSPS) is 12.8. The molecular formula is C65H41N3OS2. The molecular weight excluding hydrogens is 903 g/mol. The van der Waals surface area contributed by atoms with E-state index in [0.29, 0.717) is 17.5 Å². The molecule has 4 heterocycles. The van der Waals surface area contributed by atoms with E-state index >= 15 is 0 Å². The molecule has 0 saturated heterocycles. The van der Waals surface area contributed by atoms with Crippen LogP contribution in [0.1, 0.15) is 45.6 Å². The molecule has 0 spiro atoms. The van der Waals surface area contributed by atoms with Gasteiger partial charge in [0.15, 0.2) is 17.5 Å². The monoisotopic (exact) mass is 943 g/mol. The van der Waals surface area contributed by atoms with Crippen molar-refractivity contribution in [2.75, 3.05) is 0 Å². The fourth-order valence-electron chi connectivity index (χ4n) is 11.0. The first-order chi connectivity index (χ1) is 35.1. The molecule has 0 saturated carbocycles. The van der Waals surface area contributed by atoms with Crippen LogP contribution < -0.4 is 0 Å². The predicted molar refractivity (Wildman–Crippen MR) is 305 cm³/mol. The quantitative estimate of drug-likeness (QED) is 0.112. The number of aromatic nitrogens is 3. The summed E-state index contributed by atoms with van der Waals surface area (Å²) in [5, 5.41) is 10.7. The van der Waals surface area contributed by atoms with Crippen molar-refractivity contribution in [3.05, 3.63) is 222 Å². The van der Waals surface area contributed by atoms with Crippen molar-refractivity contribution in [1.82, 2.24) is 15.0 Å². The highest BCUT2D eigenvalue weighted by molar-refractivity contribution is 7.26. The Morgan fingerprint density at radius 1 is 0.465 bits per heavy atom. The minimum absolute atomic E-state index is 0.590. The second kappa shape index (κ2) is 16.6. The Labute approximate surface area is 417 Å². The number of aryl methyl sites for hydroxylation is 1. The van der Waals surface area contributed by atoms with Crippen molar-refractivity contribution in [2.45, 2.75) is 12.8 Å². The first-order valence-corrected chi connectivity index (χ1v) is 25.6. The zero-order valence-electron chi connectivity index (χ0n) is 38.4. The van der Waals surface area contributed by atoms with Gasteiger partial charge in [-0.2, -0.15) is 0 Å². The van der Waals surface area contributed by atoms with Crippen LogP contribution in [-0.2, 0) is 6.42 Å². The summed E-state index contributed by atoms with van der Waals surface area (Å²) in [5.74, 6) is 2.77. The van der Waals surface area contributed by atoms with Crippen LogP contribution in [0.3, 0.4) is 0 Å². The van der Waals surface area contributed by atoms with Crippen LogP contribution in [-0.4, -0.2) is 15.0 Å². The van der Waals surface area contributed by atoms with Crippen LogP contribution in [0, 0.1) is 0 Å². The number of allylic oxidation sites excluding steroid dienone is 1. The highest BCUT2D eigenvalue weighted by Gasteiger charge is 2.26. The van der Waals surface area contributed by atoms with E-state index < -0.39 is 0 Å². The summed E-state index contributed by atoms with van der Waals surface area (Å²) >= 11 is 3.72. The largest absolute Gasteiger partial charge is 0.460 e. The van der Waals surface area contributed by atoms with E-state index in [1.807, 2.05) is 53.0 Å². The van der Waals surface area contributed by atoms with Gasteiger partial charge in [0.2, 0.25) is 0 Å². The van der Waals surface area contributed by atoms with Crippen molar-refractivity contribution < 1.29 is 4.42 Å². The molecule has 0 bridgehead atoms. The molecule has 0 aliphatic heterocycles. The minimum Gasteiger partial charge on any atom is -0.460 e. The number of rotatable bonds is 8.